The second kappa shape index (κ2) is 7.23. The number of carboxylic acids is 1. The van der Waals surface area contributed by atoms with Gasteiger partial charge >= 0.3 is 5.97 Å². The number of halogens is 1. The molecule has 23 heavy (non-hydrogen) atoms. The molecule has 0 aliphatic heterocycles. The molecule has 1 aliphatic rings. The zero-order valence-corrected chi connectivity index (χ0v) is 13.6. The van der Waals surface area contributed by atoms with Crippen LogP contribution < -0.4 is 5.32 Å². The average Bonchev–Trinajstić information content (AvgIpc) is 3.02. The topological polar surface area (TPSA) is 49.3 Å². The van der Waals surface area contributed by atoms with Crippen LogP contribution in [0, 0.1) is 11.7 Å². The van der Waals surface area contributed by atoms with Crippen molar-refractivity contribution >= 4 is 17.3 Å². The van der Waals surface area contributed by atoms with E-state index in [1.807, 2.05) is 12.1 Å². The average molecular weight is 333 g/mol. The minimum absolute atomic E-state index is 0.172. The van der Waals surface area contributed by atoms with Crippen molar-refractivity contribution in [1.82, 2.24) is 5.32 Å². The molecular formula is C18H20FNO2S. The van der Waals surface area contributed by atoms with Crippen LogP contribution in [0.4, 0.5) is 4.39 Å². The number of nitrogens with one attached hydrogen (secondary N) is 1. The predicted octanol–water partition coefficient (Wildman–Crippen LogP) is 4.29. The Hall–Kier alpha value is -1.72. The summed E-state index contributed by atoms with van der Waals surface area (Å²) in [6.07, 6.45) is 3.34. The second-order valence-electron chi connectivity index (χ2n) is 6.04. The minimum Gasteiger partial charge on any atom is -0.481 e. The predicted molar refractivity (Wildman–Crippen MR) is 89.9 cm³/mol. The highest BCUT2D eigenvalue weighted by molar-refractivity contribution is 7.15. The van der Waals surface area contributed by atoms with Crippen molar-refractivity contribution in [2.75, 3.05) is 0 Å². The summed E-state index contributed by atoms with van der Waals surface area (Å²) >= 11 is 1.67. The van der Waals surface area contributed by atoms with Crippen molar-refractivity contribution in [3.05, 3.63) is 47.1 Å². The molecule has 5 heteroatoms. The van der Waals surface area contributed by atoms with E-state index in [1.165, 1.54) is 10.9 Å². The monoisotopic (exact) mass is 333 g/mol. The fourth-order valence-electron chi connectivity index (χ4n) is 3.06. The zero-order valence-electron chi connectivity index (χ0n) is 12.8. The van der Waals surface area contributed by atoms with Crippen molar-refractivity contribution in [2.45, 2.75) is 38.3 Å². The smallest absolute Gasteiger partial charge is 0.306 e. The zero-order chi connectivity index (χ0) is 16.2. The lowest BCUT2D eigenvalue weighted by molar-refractivity contribution is -0.142. The highest BCUT2D eigenvalue weighted by atomic mass is 32.1. The Morgan fingerprint density at radius 2 is 2.00 bits per heavy atom. The van der Waals surface area contributed by atoms with Gasteiger partial charge in [0, 0.05) is 22.3 Å². The van der Waals surface area contributed by atoms with Gasteiger partial charge in [0.2, 0.25) is 0 Å². The fourth-order valence-corrected chi connectivity index (χ4v) is 4.01. The molecule has 1 aromatic carbocycles. The molecule has 1 fully saturated rings. The van der Waals surface area contributed by atoms with Crippen LogP contribution in [0.1, 0.15) is 30.6 Å². The lowest BCUT2D eigenvalue weighted by Crippen LogP contribution is -2.34. The summed E-state index contributed by atoms with van der Waals surface area (Å²) in [6.45, 7) is 0.780. The summed E-state index contributed by atoms with van der Waals surface area (Å²) in [5, 5.41) is 12.5. The summed E-state index contributed by atoms with van der Waals surface area (Å²) in [6, 6.07) is 11.1. The lowest BCUT2D eigenvalue weighted by atomic mass is 9.86. The van der Waals surface area contributed by atoms with E-state index in [9.17, 15) is 9.18 Å². The van der Waals surface area contributed by atoms with E-state index in [1.54, 1.807) is 23.5 Å². The third kappa shape index (κ3) is 4.18. The first-order chi connectivity index (χ1) is 11.1. The third-order valence-corrected chi connectivity index (χ3v) is 5.55. The Bertz CT molecular complexity index is 677. The van der Waals surface area contributed by atoms with E-state index >= 15 is 0 Å². The van der Waals surface area contributed by atoms with Gasteiger partial charge in [-0.15, -0.1) is 11.3 Å². The van der Waals surface area contributed by atoms with Crippen LogP contribution in [0.5, 0.6) is 0 Å². The summed E-state index contributed by atoms with van der Waals surface area (Å²) in [4.78, 5) is 13.2. The van der Waals surface area contributed by atoms with Crippen LogP contribution in [0.3, 0.4) is 0 Å². The molecule has 0 unspecified atom stereocenters. The number of thiophene rings is 1. The van der Waals surface area contributed by atoms with Gasteiger partial charge in [-0.25, -0.2) is 4.39 Å². The van der Waals surface area contributed by atoms with Gasteiger partial charge in [-0.05, 0) is 55.5 Å². The molecule has 1 saturated carbocycles. The fraction of sp³-hybridized carbons (Fsp3) is 0.389. The Kier molecular flexibility index (Phi) is 5.08. The summed E-state index contributed by atoms with van der Waals surface area (Å²) in [5.41, 5.74) is 0.906. The van der Waals surface area contributed by atoms with Crippen LogP contribution in [0.15, 0.2) is 36.4 Å². The number of carbonyl (C=O) groups is 1. The first-order valence-electron chi connectivity index (χ1n) is 7.92. The van der Waals surface area contributed by atoms with Gasteiger partial charge in [0.05, 0.1) is 5.92 Å². The molecule has 1 aromatic heterocycles. The standard InChI is InChI=1S/C18H20FNO2S/c19-14-3-1-2-13(10-14)17-9-8-16(23-17)11-20-15-6-4-12(5-7-15)18(21)22/h1-3,8-10,12,15,20H,4-7,11H2,(H,21,22). The van der Waals surface area contributed by atoms with E-state index < -0.39 is 5.97 Å². The highest BCUT2D eigenvalue weighted by Crippen LogP contribution is 2.29. The summed E-state index contributed by atoms with van der Waals surface area (Å²) in [5.74, 6) is -1.05. The molecule has 2 N–H and O–H groups in total. The Labute approximate surface area is 139 Å². The van der Waals surface area contributed by atoms with E-state index in [-0.39, 0.29) is 11.7 Å². The van der Waals surface area contributed by atoms with Gasteiger partial charge < -0.3 is 10.4 Å². The van der Waals surface area contributed by atoms with Gasteiger partial charge in [0.25, 0.3) is 0 Å². The summed E-state index contributed by atoms with van der Waals surface area (Å²) in [7, 11) is 0. The second-order valence-corrected chi connectivity index (χ2v) is 7.21. The van der Waals surface area contributed by atoms with Crippen LogP contribution in [0.25, 0.3) is 10.4 Å². The van der Waals surface area contributed by atoms with Crippen LogP contribution in [-0.2, 0) is 11.3 Å². The SMILES string of the molecule is O=C(O)C1CCC(NCc2ccc(-c3cccc(F)c3)s2)CC1. The van der Waals surface area contributed by atoms with E-state index in [0.29, 0.717) is 6.04 Å². The third-order valence-electron chi connectivity index (χ3n) is 4.41. The van der Waals surface area contributed by atoms with E-state index in [0.717, 1.165) is 42.7 Å². The van der Waals surface area contributed by atoms with E-state index in [4.69, 9.17) is 5.11 Å². The van der Waals surface area contributed by atoms with Crippen molar-refractivity contribution in [1.29, 1.82) is 0 Å². The maximum absolute atomic E-state index is 13.3. The molecule has 1 aliphatic carbocycles. The number of carboxylic acid groups (broad SMARTS) is 1. The molecule has 3 rings (SSSR count). The van der Waals surface area contributed by atoms with Gasteiger partial charge in [0.1, 0.15) is 5.82 Å². The van der Waals surface area contributed by atoms with Gasteiger partial charge in [-0.3, -0.25) is 4.79 Å². The molecule has 0 saturated heterocycles. The van der Waals surface area contributed by atoms with Crippen LogP contribution in [0.2, 0.25) is 0 Å². The van der Waals surface area contributed by atoms with Crippen molar-refractivity contribution in [3.8, 4) is 10.4 Å². The Balaban J connectivity index is 1.53. The minimum atomic E-state index is -0.665. The molecule has 1 heterocycles. The highest BCUT2D eigenvalue weighted by Gasteiger charge is 2.25. The van der Waals surface area contributed by atoms with Crippen LogP contribution in [-0.4, -0.2) is 17.1 Å². The number of benzene rings is 1. The summed E-state index contributed by atoms with van der Waals surface area (Å²) < 4.78 is 13.3. The van der Waals surface area contributed by atoms with Crippen molar-refractivity contribution in [2.24, 2.45) is 5.92 Å². The molecule has 2 aromatic rings. The number of hydrogen-bond acceptors (Lipinski definition) is 3. The maximum atomic E-state index is 13.3. The van der Waals surface area contributed by atoms with Crippen molar-refractivity contribution < 1.29 is 14.3 Å². The molecule has 0 amide bonds. The van der Waals surface area contributed by atoms with E-state index in [2.05, 4.69) is 11.4 Å². The quantitative estimate of drug-likeness (QED) is 0.858. The van der Waals surface area contributed by atoms with Crippen molar-refractivity contribution in [3.63, 3.8) is 0 Å². The molecule has 0 atom stereocenters. The molecule has 0 radical (unpaired) electrons. The molecule has 122 valence electrons. The van der Waals surface area contributed by atoms with Gasteiger partial charge in [-0.1, -0.05) is 12.1 Å². The van der Waals surface area contributed by atoms with Gasteiger partial charge in [-0.2, -0.15) is 0 Å². The Morgan fingerprint density at radius 3 is 2.70 bits per heavy atom. The largest absolute Gasteiger partial charge is 0.481 e. The normalized spacial score (nSPS) is 21.3. The van der Waals surface area contributed by atoms with Gasteiger partial charge in [0.15, 0.2) is 0 Å². The molecular weight excluding hydrogens is 313 g/mol. The first-order valence-corrected chi connectivity index (χ1v) is 8.74. The Morgan fingerprint density at radius 1 is 1.22 bits per heavy atom. The first kappa shape index (κ1) is 16.1. The molecule has 0 bridgehead atoms. The lowest BCUT2D eigenvalue weighted by Gasteiger charge is -2.26. The van der Waals surface area contributed by atoms with Crippen LogP contribution >= 0.6 is 11.3 Å². The number of hydrogen-bond donors (Lipinski definition) is 2. The maximum Gasteiger partial charge on any atom is 0.306 e. The molecule has 0 spiro atoms. The number of rotatable bonds is 5. The number of aliphatic carboxylic acids is 1. The molecule has 3 nitrogen and oxygen atoms in total.